The first-order valence-corrected chi connectivity index (χ1v) is 8.47. The summed E-state index contributed by atoms with van der Waals surface area (Å²) < 4.78 is 17.9. The van der Waals surface area contributed by atoms with E-state index in [1.54, 1.807) is 30.3 Å². The van der Waals surface area contributed by atoms with Crippen molar-refractivity contribution < 1.29 is 24.1 Å². The first kappa shape index (κ1) is 16.6. The fourth-order valence-electron chi connectivity index (χ4n) is 2.49. The molecule has 1 aliphatic rings. The number of hydrogen-bond acceptors (Lipinski definition) is 4. The average Bonchev–Trinajstić information content (AvgIpc) is 2.59. The summed E-state index contributed by atoms with van der Waals surface area (Å²) in [6, 6.07) is 12.5. The van der Waals surface area contributed by atoms with E-state index in [4.69, 9.17) is 14.2 Å². The molecule has 0 fully saturated rings. The molecule has 1 heterocycles. The van der Waals surface area contributed by atoms with Gasteiger partial charge in [-0.3, -0.25) is 0 Å². The van der Waals surface area contributed by atoms with E-state index in [1.807, 2.05) is 19.1 Å². The Morgan fingerprint density at radius 3 is 2.54 bits per heavy atom. The quantitative estimate of drug-likeness (QED) is 0.825. The topological polar surface area (TPSA) is 65.0 Å². The molecule has 0 bridgehead atoms. The number of fused-ring (bicyclic) bond motifs is 1. The lowest BCUT2D eigenvalue weighted by molar-refractivity contribution is -0.151. The normalized spacial score (nSPS) is 18.9. The monoisotopic (exact) mass is 392 g/mol. The van der Waals surface area contributed by atoms with Crippen LogP contribution < -0.4 is 14.2 Å². The molecule has 6 heteroatoms. The maximum absolute atomic E-state index is 11.6. The van der Waals surface area contributed by atoms with E-state index in [1.165, 1.54) is 0 Å². The van der Waals surface area contributed by atoms with Crippen LogP contribution in [0.15, 0.2) is 46.9 Å². The molecule has 0 aromatic heterocycles. The maximum Gasteiger partial charge on any atom is 0.349 e. The molecule has 0 spiro atoms. The summed E-state index contributed by atoms with van der Waals surface area (Å²) in [5.74, 6) is 0.604. The largest absolute Gasteiger partial charge is 0.492 e. The van der Waals surface area contributed by atoms with Crippen LogP contribution in [0.5, 0.6) is 17.2 Å². The van der Waals surface area contributed by atoms with E-state index in [0.717, 1.165) is 10.9 Å². The number of aliphatic carboxylic acids is 1. The number of benzene rings is 2. The summed E-state index contributed by atoms with van der Waals surface area (Å²) in [6.07, 6.45) is -0.950. The molecular weight excluding hydrogens is 376 g/mol. The van der Waals surface area contributed by atoms with Gasteiger partial charge < -0.3 is 19.3 Å². The van der Waals surface area contributed by atoms with Gasteiger partial charge in [-0.15, -0.1) is 0 Å². The van der Waals surface area contributed by atoms with Crippen LogP contribution in [0, 0.1) is 0 Å². The summed E-state index contributed by atoms with van der Waals surface area (Å²) in [6.45, 7) is 2.65. The third kappa shape index (κ3) is 3.33. The van der Waals surface area contributed by atoms with Crippen molar-refractivity contribution >= 4 is 21.9 Å². The van der Waals surface area contributed by atoms with E-state index in [2.05, 4.69) is 15.9 Å². The van der Waals surface area contributed by atoms with Crippen molar-refractivity contribution in [2.75, 3.05) is 6.61 Å². The molecule has 3 rings (SSSR count). The molecule has 0 saturated heterocycles. The van der Waals surface area contributed by atoms with Gasteiger partial charge in [0.15, 0.2) is 17.6 Å². The molecule has 0 aliphatic carbocycles. The molecule has 5 nitrogen and oxygen atoms in total. The summed E-state index contributed by atoms with van der Waals surface area (Å²) in [5, 5.41) is 9.49. The van der Waals surface area contributed by atoms with Gasteiger partial charge in [0.05, 0.1) is 11.1 Å². The fraction of sp³-hybridized carbons (Fsp3) is 0.278. The van der Waals surface area contributed by atoms with E-state index >= 15 is 0 Å². The smallest absolute Gasteiger partial charge is 0.349 e. The van der Waals surface area contributed by atoms with Gasteiger partial charge in [-0.1, -0.05) is 25.1 Å². The first-order chi connectivity index (χ1) is 11.6. The van der Waals surface area contributed by atoms with Crippen LogP contribution in [0.25, 0.3) is 0 Å². The van der Waals surface area contributed by atoms with Gasteiger partial charge in [0.1, 0.15) is 5.75 Å². The highest BCUT2D eigenvalue weighted by Gasteiger charge is 2.38. The highest BCUT2D eigenvalue weighted by atomic mass is 79.9. The van der Waals surface area contributed by atoms with Gasteiger partial charge in [0, 0.05) is 0 Å². The molecule has 0 radical (unpaired) electrons. The molecule has 2 atom stereocenters. The zero-order chi connectivity index (χ0) is 17.1. The predicted molar refractivity (Wildman–Crippen MR) is 91.8 cm³/mol. The molecule has 0 saturated carbocycles. The molecule has 2 aromatic rings. The van der Waals surface area contributed by atoms with Crippen molar-refractivity contribution in [1.82, 2.24) is 0 Å². The standard InChI is InChI=1S/C18H17BrO5/c1-2-9-22-13-8-7-11(10-12(13)19)16-17(18(20)21)24-15-6-4-3-5-14(15)23-16/h3-8,10,16-17H,2,9H2,1H3,(H,20,21). The number of para-hydroxylation sites is 2. The van der Waals surface area contributed by atoms with Gasteiger partial charge in [-0.2, -0.15) is 0 Å². The van der Waals surface area contributed by atoms with E-state index < -0.39 is 18.2 Å². The van der Waals surface area contributed by atoms with Gasteiger partial charge in [-0.25, -0.2) is 4.79 Å². The number of carbonyl (C=O) groups is 1. The van der Waals surface area contributed by atoms with Crippen LogP contribution in [0.3, 0.4) is 0 Å². The maximum atomic E-state index is 11.6. The lowest BCUT2D eigenvalue weighted by Crippen LogP contribution is -2.39. The first-order valence-electron chi connectivity index (χ1n) is 7.67. The van der Waals surface area contributed by atoms with Crippen LogP contribution in [0.4, 0.5) is 0 Å². The Hall–Kier alpha value is -2.21. The molecule has 2 unspecified atom stereocenters. The van der Waals surface area contributed by atoms with Crippen LogP contribution >= 0.6 is 15.9 Å². The number of hydrogen-bond donors (Lipinski definition) is 1. The summed E-state index contributed by atoms with van der Waals surface area (Å²) in [7, 11) is 0. The molecule has 1 aliphatic heterocycles. The average molecular weight is 393 g/mol. The molecule has 24 heavy (non-hydrogen) atoms. The highest BCUT2D eigenvalue weighted by molar-refractivity contribution is 9.10. The van der Waals surface area contributed by atoms with Crippen molar-refractivity contribution in [3.63, 3.8) is 0 Å². The van der Waals surface area contributed by atoms with E-state index in [-0.39, 0.29) is 0 Å². The number of carboxylic acids is 1. The second-order valence-electron chi connectivity index (χ2n) is 5.40. The Balaban J connectivity index is 1.92. The molecule has 1 N–H and O–H groups in total. The third-order valence-corrected chi connectivity index (χ3v) is 4.24. The van der Waals surface area contributed by atoms with Crippen molar-refractivity contribution in [3.8, 4) is 17.2 Å². The summed E-state index contributed by atoms with van der Waals surface area (Å²) in [4.78, 5) is 11.6. The van der Waals surface area contributed by atoms with Crippen LogP contribution in [-0.2, 0) is 4.79 Å². The Labute approximate surface area is 148 Å². The number of halogens is 1. The molecule has 0 amide bonds. The minimum absolute atomic E-state index is 0.433. The van der Waals surface area contributed by atoms with Crippen molar-refractivity contribution in [2.24, 2.45) is 0 Å². The van der Waals surface area contributed by atoms with Gasteiger partial charge in [0.25, 0.3) is 0 Å². The van der Waals surface area contributed by atoms with E-state index in [9.17, 15) is 9.90 Å². The van der Waals surface area contributed by atoms with Gasteiger partial charge in [0.2, 0.25) is 6.10 Å². The summed E-state index contributed by atoms with van der Waals surface area (Å²) in [5.41, 5.74) is 0.702. The Morgan fingerprint density at radius 1 is 1.21 bits per heavy atom. The summed E-state index contributed by atoms with van der Waals surface area (Å²) >= 11 is 3.46. The Bertz CT molecular complexity index is 746. The van der Waals surface area contributed by atoms with Crippen LogP contribution in [0.2, 0.25) is 0 Å². The van der Waals surface area contributed by atoms with Crippen molar-refractivity contribution in [2.45, 2.75) is 25.6 Å². The number of ether oxygens (including phenoxy) is 3. The van der Waals surface area contributed by atoms with Crippen LogP contribution in [-0.4, -0.2) is 23.8 Å². The Morgan fingerprint density at radius 2 is 1.92 bits per heavy atom. The van der Waals surface area contributed by atoms with Gasteiger partial charge in [-0.05, 0) is 52.2 Å². The second-order valence-corrected chi connectivity index (χ2v) is 6.25. The van der Waals surface area contributed by atoms with Crippen molar-refractivity contribution in [1.29, 1.82) is 0 Å². The van der Waals surface area contributed by atoms with Gasteiger partial charge >= 0.3 is 5.97 Å². The predicted octanol–water partition coefficient (Wildman–Crippen LogP) is 4.20. The SMILES string of the molecule is CCCOc1ccc(C2Oc3ccccc3OC2C(=O)O)cc1Br. The molecular formula is C18H17BrO5. The molecule has 126 valence electrons. The highest BCUT2D eigenvalue weighted by Crippen LogP contribution is 2.40. The lowest BCUT2D eigenvalue weighted by atomic mass is 10.0. The lowest BCUT2D eigenvalue weighted by Gasteiger charge is -2.32. The molecule has 2 aromatic carbocycles. The Kier molecular flexibility index (Phi) is 4.94. The van der Waals surface area contributed by atoms with Crippen LogP contribution in [0.1, 0.15) is 25.0 Å². The van der Waals surface area contributed by atoms with Crippen molar-refractivity contribution in [3.05, 3.63) is 52.5 Å². The van der Waals surface area contributed by atoms with E-state index in [0.29, 0.717) is 29.4 Å². The third-order valence-electron chi connectivity index (χ3n) is 3.62. The number of carboxylic acid groups (broad SMARTS) is 1. The minimum Gasteiger partial charge on any atom is -0.492 e. The fourth-order valence-corrected chi connectivity index (χ4v) is 3.00. The zero-order valence-electron chi connectivity index (χ0n) is 13.1. The number of rotatable bonds is 5. The second kappa shape index (κ2) is 7.13. The minimum atomic E-state index is -1.12. The zero-order valence-corrected chi connectivity index (χ0v) is 14.7.